The van der Waals surface area contributed by atoms with Gasteiger partial charge in [-0.15, -0.1) is 10.2 Å². The van der Waals surface area contributed by atoms with Gasteiger partial charge in [0, 0.05) is 17.2 Å². The second-order valence-electron chi connectivity index (χ2n) is 8.77. The maximum absolute atomic E-state index is 15.0. The van der Waals surface area contributed by atoms with Crippen molar-refractivity contribution in [3.8, 4) is 11.5 Å². The lowest BCUT2D eigenvalue weighted by Gasteiger charge is -2.29. The molecule has 178 valence electrons. The number of hydrogen-bond donors (Lipinski definition) is 0. The third kappa shape index (κ3) is 3.91. The van der Waals surface area contributed by atoms with Crippen molar-refractivity contribution in [2.75, 3.05) is 20.1 Å². The van der Waals surface area contributed by atoms with E-state index in [9.17, 15) is 13.6 Å². The fraction of sp³-hybridized carbons (Fsp3) is 0.375. The number of aromatic nitrogens is 4. The number of aryl methyl sites for hydroxylation is 1. The van der Waals surface area contributed by atoms with E-state index in [0.717, 1.165) is 48.6 Å². The van der Waals surface area contributed by atoms with Crippen molar-refractivity contribution in [2.45, 2.75) is 38.8 Å². The molecule has 0 unspecified atom stereocenters. The second-order valence-corrected chi connectivity index (χ2v) is 8.77. The molecule has 0 saturated carbocycles. The van der Waals surface area contributed by atoms with E-state index in [1.54, 1.807) is 4.57 Å². The van der Waals surface area contributed by atoms with E-state index < -0.39 is 18.1 Å². The number of alkyl halides is 2. The number of benzene rings is 2. The van der Waals surface area contributed by atoms with Gasteiger partial charge >= 0.3 is 12.1 Å². The number of imidazole rings is 1. The maximum atomic E-state index is 15.0. The third-order valence-corrected chi connectivity index (χ3v) is 6.49. The monoisotopic (exact) mass is 471 g/mol. The molecule has 3 heterocycles. The molecule has 4 aromatic rings. The minimum absolute atomic E-state index is 0.0383. The van der Waals surface area contributed by atoms with E-state index in [1.165, 1.54) is 12.1 Å². The number of para-hydroxylation sites is 1. The number of hydrogen-bond acceptors (Lipinski definition) is 5. The Morgan fingerprint density at radius 1 is 1.15 bits per heavy atom. The zero-order valence-corrected chi connectivity index (χ0v) is 18.8. The maximum Gasteiger partial charge on any atom is 0.329 e. The van der Waals surface area contributed by atoms with Gasteiger partial charge in [-0.25, -0.2) is 9.18 Å². The van der Waals surface area contributed by atoms with Gasteiger partial charge in [0.2, 0.25) is 5.89 Å². The van der Waals surface area contributed by atoms with Crippen LogP contribution < -0.4 is 5.69 Å². The second kappa shape index (κ2) is 8.75. The van der Waals surface area contributed by atoms with E-state index in [1.807, 2.05) is 29.7 Å². The Kier molecular flexibility index (Phi) is 5.76. The van der Waals surface area contributed by atoms with Gasteiger partial charge in [-0.2, -0.15) is 8.78 Å². The fourth-order valence-electron chi connectivity index (χ4n) is 4.67. The van der Waals surface area contributed by atoms with Crippen molar-refractivity contribution in [1.82, 2.24) is 24.2 Å². The Morgan fingerprint density at radius 2 is 1.91 bits per heavy atom. The van der Waals surface area contributed by atoms with Gasteiger partial charge in [0.25, 0.3) is 5.89 Å². The molecule has 2 aromatic carbocycles. The highest BCUT2D eigenvalue weighted by Gasteiger charge is 2.25. The molecule has 0 aliphatic carbocycles. The van der Waals surface area contributed by atoms with Crippen LogP contribution in [0.1, 0.15) is 42.3 Å². The van der Waals surface area contributed by atoms with Crippen molar-refractivity contribution in [1.29, 1.82) is 0 Å². The Bertz CT molecular complexity index is 1400. The van der Waals surface area contributed by atoms with Crippen molar-refractivity contribution < 1.29 is 17.6 Å². The number of nitrogens with zero attached hydrogens (tertiary/aromatic N) is 5. The number of halogens is 3. The Hall–Kier alpha value is -3.40. The van der Waals surface area contributed by atoms with Crippen molar-refractivity contribution in [3.63, 3.8) is 0 Å². The summed E-state index contributed by atoms with van der Waals surface area (Å²) in [7, 11) is 2.07. The van der Waals surface area contributed by atoms with Crippen LogP contribution in [-0.2, 0) is 6.54 Å². The average molecular weight is 471 g/mol. The Labute approximate surface area is 193 Å². The van der Waals surface area contributed by atoms with Crippen LogP contribution >= 0.6 is 0 Å². The molecule has 1 fully saturated rings. The van der Waals surface area contributed by atoms with Crippen molar-refractivity contribution in [3.05, 3.63) is 69.7 Å². The predicted octanol–water partition coefficient (Wildman–Crippen LogP) is 4.55. The van der Waals surface area contributed by atoms with Gasteiger partial charge in [0.1, 0.15) is 5.82 Å². The zero-order valence-electron chi connectivity index (χ0n) is 18.8. The minimum Gasteiger partial charge on any atom is -0.415 e. The predicted molar refractivity (Wildman–Crippen MR) is 120 cm³/mol. The molecule has 1 aliphatic rings. The smallest absolute Gasteiger partial charge is 0.329 e. The first-order valence-electron chi connectivity index (χ1n) is 11.1. The molecule has 0 radical (unpaired) electrons. The van der Waals surface area contributed by atoms with Crippen molar-refractivity contribution >= 4 is 11.0 Å². The first-order chi connectivity index (χ1) is 16.3. The topological polar surface area (TPSA) is 69.1 Å². The van der Waals surface area contributed by atoms with E-state index in [2.05, 4.69) is 22.1 Å². The summed E-state index contributed by atoms with van der Waals surface area (Å²) < 4.78 is 48.9. The molecule has 5 rings (SSSR count). The molecule has 0 amide bonds. The highest BCUT2D eigenvalue weighted by atomic mass is 19.3. The molecule has 1 aliphatic heterocycles. The summed E-state index contributed by atoms with van der Waals surface area (Å²) in [6, 6.07) is 10.0. The third-order valence-electron chi connectivity index (χ3n) is 6.49. The van der Waals surface area contributed by atoms with E-state index in [-0.39, 0.29) is 29.7 Å². The highest BCUT2D eigenvalue weighted by molar-refractivity contribution is 5.80. The summed E-state index contributed by atoms with van der Waals surface area (Å²) >= 11 is 0. The minimum atomic E-state index is -2.90. The molecule has 0 spiro atoms. The fourth-order valence-corrected chi connectivity index (χ4v) is 4.67. The molecular formula is C24H24F3N5O2. The van der Waals surface area contributed by atoms with Crippen LogP contribution in [0.25, 0.3) is 22.5 Å². The van der Waals surface area contributed by atoms with Crippen LogP contribution in [0.3, 0.4) is 0 Å². The molecule has 0 bridgehead atoms. The van der Waals surface area contributed by atoms with Gasteiger partial charge in [-0.3, -0.25) is 9.13 Å². The van der Waals surface area contributed by atoms with Crippen LogP contribution in [-0.4, -0.2) is 44.4 Å². The van der Waals surface area contributed by atoms with Gasteiger partial charge in [-0.1, -0.05) is 18.2 Å². The van der Waals surface area contributed by atoms with Crippen LogP contribution in [0.5, 0.6) is 0 Å². The SMILES string of the molecule is Cc1cccc2c1n(C1CCN(C)CC1)c(=O)n2Cc1ccc(-c2nnc(C(F)F)o2)cc1F. The summed E-state index contributed by atoms with van der Waals surface area (Å²) in [5.74, 6) is -1.59. The molecule has 10 heteroatoms. The molecule has 0 N–H and O–H groups in total. The quantitative estimate of drug-likeness (QED) is 0.427. The van der Waals surface area contributed by atoms with Gasteiger partial charge in [-0.05, 0) is 63.7 Å². The van der Waals surface area contributed by atoms with Gasteiger partial charge < -0.3 is 9.32 Å². The summed E-state index contributed by atoms with van der Waals surface area (Å²) in [4.78, 5) is 15.8. The molecular weight excluding hydrogens is 447 g/mol. The lowest BCUT2D eigenvalue weighted by Crippen LogP contribution is -2.36. The average Bonchev–Trinajstić information content (AvgIpc) is 3.41. The Balaban J connectivity index is 1.52. The molecule has 7 nitrogen and oxygen atoms in total. The summed E-state index contributed by atoms with van der Waals surface area (Å²) in [5.41, 5.74) is 2.95. The van der Waals surface area contributed by atoms with Crippen molar-refractivity contribution in [2.24, 2.45) is 0 Å². The summed E-state index contributed by atoms with van der Waals surface area (Å²) in [6.45, 7) is 3.84. The molecule has 0 atom stereocenters. The molecule has 2 aromatic heterocycles. The highest BCUT2D eigenvalue weighted by Crippen LogP contribution is 2.29. The van der Waals surface area contributed by atoms with E-state index in [4.69, 9.17) is 4.42 Å². The largest absolute Gasteiger partial charge is 0.415 e. The van der Waals surface area contributed by atoms with Crippen LogP contribution in [0.4, 0.5) is 13.2 Å². The van der Waals surface area contributed by atoms with E-state index >= 15 is 4.39 Å². The number of fused-ring (bicyclic) bond motifs is 1. The standard InChI is InChI=1S/C24H24F3N5O2/c1-14-4-3-5-19-20(14)32(17-8-10-30(2)11-9-17)24(33)31(19)13-16-7-6-15(12-18(16)25)22-28-29-23(34-22)21(26)27/h3-7,12,17,21H,8-11,13H2,1-2H3. The zero-order chi connectivity index (χ0) is 24.0. The number of piperidine rings is 1. The number of rotatable bonds is 5. The van der Waals surface area contributed by atoms with Crippen LogP contribution in [0.15, 0.2) is 45.6 Å². The lowest BCUT2D eigenvalue weighted by molar-refractivity contribution is 0.116. The van der Waals surface area contributed by atoms with Crippen LogP contribution in [0.2, 0.25) is 0 Å². The molecule has 1 saturated heterocycles. The molecule has 34 heavy (non-hydrogen) atoms. The summed E-state index contributed by atoms with van der Waals surface area (Å²) in [5, 5.41) is 6.84. The first-order valence-corrected chi connectivity index (χ1v) is 11.1. The van der Waals surface area contributed by atoms with Gasteiger partial charge in [0.05, 0.1) is 17.6 Å². The van der Waals surface area contributed by atoms with Gasteiger partial charge in [0.15, 0.2) is 0 Å². The first kappa shape index (κ1) is 22.4. The van der Waals surface area contributed by atoms with E-state index in [0.29, 0.717) is 5.56 Å². The summed E-state index contributed by atoms with van der Waals surface area (Å²) in [6.07, 6.45) is -1.15. The Morgan fingerprint density at radius 3 is 2.59 bits per heavy atom. The number of likely N-dealkylation sites (tertiary alicyclic amines) is 1. The lowest BCUT2D eigenvalue weighted by atomic mass is 10.0. The van der Waals surface area contributed by atoms with Crippen LogP contribution in [0, 0.1) is 12.7 Å². The normalized spacial score (nSPS) is 15.6.